The van der Waals surface area contributed by atoms with Crippen LogP contribution in [0.25, 0.3) is 0 Å². The van der Waals surface area contributed by atoms with Crippen molar-refractivity contribution in [3.63, 3.8) is 0 Å². The number of ether oxygens (including phenoxy) is 3. The molecule has 0 bridgehead atoms. The average Bonchev–Trinajstić information content (AvgIpc) is 2.55. The van der Waals surface area contributed by atoms with Gasteiger partial charge in [-0.3, -0.25) is 4.79 Å². The third kappa shape index (κ3) is 4.53. The van der Waals surface area contributed by atoms with Gasteiger partial charge >= 0.3 is 0 Å². The first-order valence-corrected chi connectivity index (χ1v) is 7.32. The lowest BCUT2D eigenvalue weighted by atomic mass is 10.2. The predicted octanol–water partition coefficient (Wildman–Crippen LogP) is 3.68. The fourth-order valence-electron chi connectivity index (χ4n) is 1.98. The molecular weight excluding hydrogens is 318 g/mol. The van der Waals surface area contributed by atoms with E-state index >= 15 is 0 Å². The zero-order valence-electron chi connectivity index (χ0n) is 13.2. The van der Waals surface area contributed by atoms with Gasteiger partial charge in [-0.05, 0) is 36.8 Å². The van der Waals surface area contributed by atoms with E-state index in [1.54, 1.807) is 37.4 Å². The molecule has 0 saturated heterocycles. The van der Waals surface area contributed by atoms with Crippen molar-refractivity contribution in [2.45, 2.75) is 6.92 Å². The standard InChI is InChI=1S/C17H18ClNO4/c1-11-4-6-13(18)15(8-11)23-10-17(20)19-12-5-7-14(21-2)16(9-12)22-3/h4-9H,10H2,1-3H3,(H,19,20). The minimum atomic E-state index is -0.296. The minimum absolute atomic E-state index is 0.141. The highest BCUT2D eigenvalue weighted by Gasteiger charge is 2.09. The number of nitrogens with one attached hydrogen (secondary N) is 1. The Bertz CT molecular complexity index is 703. The molecule has 0 radical (unpaired) electrons. The van der Waals surface area contributed by atoms with E-state index in [2.05, 4.69) is 5.32 Å². The molecule has 1 N–H and O–H groups in total. The van der Waals surface area contributed by atoms with Gasteiger partial charge in [0.15, 0.2) is 18.1 Å². The predicted molar refractivity (Wildman–Crippen MR) is 89.9 cm³/mol. The summed E-state index contributed by atoms with van der Waals surface area (Å²) >= 11 is 6.03. The zero-order chi connectivity index (χ0) is 16.8. The van der Waals surface area contributed by atoms with Crippen LogP contribution < -0.4 is 19.5 Å². The highest BCUT2D eigenvalue weighted by atomic mass is 35.5. The Balaban J connectivity index is 1.98. The maximum Gasteiger partial charge on any atom is 0.262 e. The molecule has 0 heterocycles. The third-order valence-electron chi connectivity index (χ3n) is 3.11. The van der Waals surface area contributed by atoms with Crippen molar-refractivity contribution in [2.75, 3.05) is 26.1 Å². The largest absolute Gasteiger partial charge is 0.493 e. The van der Waals surface area contributed by atoms with Gasteiger partial charge in [-0.1, -0.05) is 17.7 Å². The van der Waals surface area contributed by atoms with Crippen LogP contribution in [0.15, 0.2) is 36.4 Å². The molecule has 2 aromatic carbocycles. The molecular formula is C17H18ClNO4. The Morgan fingerprint density at radius 2 is 1.78 bits per heavy atom. The Labute approximate surface area is 140 Å². The van der Waals surface area contributed by atoms with Gasteiger partial charge in [-0.2, -0.15) is 0 Å². The fourth-order valence-corrected chi connectivity index (χ4v) is 2.15. The van der Waals surface area contributed by atoms with E-state index in [1.165, 1.54) is 7.11 Å². The number of amides is 1. The number of hydrogen-bond donors (Lipinski definition) is 1. The van der Waals surface area contributed by atoms with Gasteiger partial charge in [0.1, 0.15) is 5.75 Å². The number of halogens is 1. The molecule has 0 spiro atoms. The molecule has 0 fully saturated rings. The second-order valence-electron chi connectivity index (χ2n) is 4.84. The van der Waals surface area contributed by atoms with E-state index in [-0.39, 0.29) is 12.5 Å². The summed E-state index contributed by atoms with van der Waals surface area (Å²) < 4.78 is 15.8. The Hall–Kier alpha value is -2.40. The summed E-state index contributed by atoms with van der Waals surface area (Å²) in [6.45, 7) is 1.78. The van der Waals surface area contributed by atoms with Gasteiger partial charge < -0.3 is 19.5 Å². The molecule has 122 valence electrons. The van der Waals surface area contributed by atoms with Crippen LogP contribution in [-0.4, -0.2) is 26.7 Å². The van der Waals surface area contributed by atoms with Crippen molar-refractivity contribution >= 4 is 23.2 Å². The quantitative estimate of drug-likeness (QED) is 0.874. The molecule has 5 nitrogen and oxygen atoms in total. The van der Waals surface area contributed by atoms with E-state index in [1.807, 2.05) is 13.0 Å². The van der Waals surface area contributed by atoms with Crippen LogP contribution in [0.2, 0.25) is 5.02 Å². The van der Waals surface area contributed by atoms with Crippen molar-refractivity contribution in [3.05, 3.63) is 47.0 Å². The van der Waals surface area contributed by atoms with Crippen molar-refractivity contribution in [1.82, 2.24) is 0 Å². The number of rotatable bonds is 6. The number of benzene rings is 2. The summed E-state index contributed by atoms with van der Waals surface area (Å²) in [6.07, 6.45) is 0. The van der Waals surface area contributed by atoms with Gasteiger partial charge in [0.2, 0.25) is 0 Å². The summed E-state index contributed by atoms with van der Waals surface area (Å²) in [5.41, 5.74) is 1.59. The number of anilines is 1. The normalized spacial score (nSPS) is 10.1. The van der Waals surface area contributed by atoms with Crippen LogP contribution in [0.1, 0.15) is 5.56 Å². The molecule has 0 unspecified atom stereocenters. The highest BCUT2D eigenvalue weighted by molar-refractivity contribution is 6.32. The monoisotopic (exact) mass is 335 g/mol. The first kappa shape index (κ1) is 17.0. The molecule has 0 aliphatic heterocycles. The average molecular weight is 336 g/mol. The lowest BCUT2D eigenvalue weighted by molar-refractivity contribution is -0.118. The van der Waals surface area contributed by atoms with Gasteiger partial charge in [0.05, 0.1) is 19.2 Å². The highest BCUT2D eigenvalue weighted by Crippen LogP contribution is 2.30. The molecule has 2 rings (SSSR count). The zero-order valence-corrected chi connectivity index (χ0v) is 13.9. The number of carbonyl (C=O) groups is 1. The second kappa shape index (κ2) is 7.74. The smallest absolute Gasteiger partial charge is 0.262 e. The molecule has 0 saturated carbocycles. The number of aryl methyl sites for hydroxylation is 1. The third-order valence-corrected chi connectivity index (χ3v) is 3.43. The van der Waals surface area contributed by atoms with Crippen LogP contribution in [0.5, 0.6) is 17.2 Å². The molecule has 0 aliphatic rings. The molecule has 23 heavy (non-hydrogen) atoms. The van der Waals surface area contributed by atoms with Crippen LogP contribution in [0.4, 0.5) is 5.69 Å². The Morgan fingerprint density at radius 3 is 2.48 bits per heavy atom. The number of carbonyl (C=O) groups excluding carboxylic acids is 1. The molecule has 2 aromatic rings. The van der Waals surface area contributed by atoms with Gasteiger partial charge in [0.25, 0.3) is 5.91 Å². The summed E-state index contributed by atoms with van der Waals surface area (Å²) in [5.74, 6) is 1.31. The molecule has 1 amide bonds. The first-order valence-electron chi connectivity index (χ1n) is 6.94. The topological polar surface area (TPSA) is 56.8 Å². The summed E-state index contributed by atoms with van der Waals surface area (Å²) in [7, 11) is 3.09. The van der Waals surface area contributed by atoms with Crippen molar-refractivity contribution < 1.29 is 19.0 Å². The van der Waals surface area contributed by atoms with Gasteiger partial charge in [0, 0.05) is 11.8 Å². The fraction of sp³-hybridized carbons (Fsp3) is 0.235. The van der Waals surface area contributed by atoms with E-state index in [9.17, 15) is 4.79 Å². The first-order chi connectivity index (χ1) is 11.0. The molecule has 0 aromatic heterocycles. The lowest BCUT2D eigenvalue weighted by Gasteiger charge is -2.11. The maximum atomic E-state index is 12.0. The van der Waals surface area contributed by atoms with E-state index in [0.29, 0.717) is 28.0 Å². The summed E-state index contributed by atoms with van der Waals surface area (Å²) in [5, 5.41) is 3.20. The van der Waals surface area contributed by atoms with E-state index in [0.717, 1.165) is 5.56 Å². The van der Waals surface area contributed by atoms with E-state index in [4.69, 9.17) is 25.8 Å². The summed E-state index contributed by atoms with van der Waals surface area (Å²) in [4.78, 5) is 12.0. The summed E-state index contributed by atoms with van der Waals surface area (Å²) in [6, 6.07) is 10.5. The van der Waals surface area contributed by atoms with Gasteiger partial charge in [-0.15, -0.1) is 0 Å². The van der Waals surface area contributed by atoms with Gasteiger partial charge in [-0.25, -0.2) is 0 Å². The molecule has 0 atom stereocenters. The maximum absolute atomic E-state index is 12.0. The van der Waals surface area contributed by atoms with E-state index < -0.39 is 0 Å². The van der Waals surface area contributed by atoms with Crippen molar-refractivity contribution in [2.24, 2.45) is 0 Å². The van der Waals surface area contributed by atoms with Crippen molar-refractivity contribution in [3.8, 4) is 17.2 Å². The Morgan fingerprint density at radius 1 is 1.04 bits per heavy atom. The second-order valence-corrected chi connectivity index (χ2v) is 5.25. The van der Waals surface area contributed by atoms with Crippen LogP contribution in [-0.2, 0) is 4.79 Å². The van der Waals surface area contributed by atoms with Crippen LogP contribution in [0, 0.1) is 6.92 Å². The van der Waals surface area contributed by atoms with Crippen LogP contribution in [0.3, 0.4) is 0 Å². The number of hydrogen-bond acceptors (Lipinski definition) is 4. The molecule has 0 aliphatic carbocycles. The Kier molecular flexibility index (Phi) is 5.71. The SMILES string of the molecule is COc1ccc(NC(=O)COc2cc(C)ccc2Cl)cc1OC. The van der Waals surface area contributed by atoms with Crippen molar-refractivity contribution in [1.29, 1.82) is 0 Å². The minimum Gasteiger partial charge on any atom is -0.493 e. The van der Waals surface area contributed by atoms with Crippen LogP contribution >= 0.6 is 11.6 Å². The number of methoxy groups -OCH3 is 2. The molecule has 6 heteroatoms. The lowest BCUT2D eigenvalue weighted by Crippen LogP contribution is -2.20.